The lowest BCUT2D eigenvalue weighted by Gasteiger charge is -2.15. The van der Waals surface area contributed by atoms with E-state index in [1.165, 1.54) is 0 Å². The highest BCUT2D eigenvalue weighted by Crippen LogP contribution is 2.11. The topological polar surface area (TPSA) is 86.3 Å². The minimum absolute atomic E-state index is 0.0177. The molecule has 1 amide bonds. The molecule has 104 valence electrons. The molecule has 0 spiro atoms. The van der Waals surface area contributed by atoms with Gasteiger partial charge >= 0.3 is 0 Å². The number of carbonyl (C=O) groups is 1. The first-order chi connectivity index (χ1) is 8.97. The lowest BCUT2D eigenvalue weighted by Crippen LogP contribution is -2.30. The lowest BCUT2D eigenvalue weighted by molar-refractivity contribution is -0.130. The summed E-state index contributed by atoms with van der Waals surface area (Å²) < 4.78 is 0. The Bertz CT molecular complexity index is 538. The van der Waals surface area contributed by atoms with Crippen molar-refractivity contribution in [3.63, 3.8) is 0 Å². The van der Waals surface area contributed by atoms with Crippen molar-refractivity contribution < 1.29 is 9.90 Å². The highest BCUT2D eigenvalue weighted by Gasteiger charge is 2.24. The number of aliphatic hydroxyl groups excluding tert-OH is 1. The van der Waals surface area contributed by atoms with Crippen LogP contribution in [0.4, 0.5) is 0 Å². The van der Waals surface area contributed by atoms with Gasteiger partial charge in [-0.25, -0.2) is 4.98 Å². The molecule has 0 bridgehead atoms. The summed E-state index contributed by atoms with van der Waals surface area (Å²) in [6.07, 6.45) is 0.897. The number of amides is 1. The molecule has 6 nitrogen and oxygen atoms in total. The number of carbonyl (C=O) groups excluding carboxylic acids is 1. The monoisotopic (exact) mass is 265 g/mol. The summed E-state index contributed by atoms with van der Waals surface area (Å²) in [4.78, 5) is 32.2. The van der Waals surface area contributed by atoms with Crippen LogP contribution >= 0.6 is 0 Å². The van der Waals surface area contributed by atoms with Gasteiger partial charge in [0.05, 0.1) is 6.10 Å². The normalized spacial score (nSPS) is 18.9. The van der Waals surface area contributed by atoms with Crippen molar-refractivity contribution in [1.29, 1.82) is 0 Å². The predicted octanol–water partition coefficient (Wildman–Crippen LogP) is -0.0875. The van der Waals surface area contributed by atoms with Gasteiger partial charge in [0.25, 0.3) is 5.56 Å². The first-order valence-corrected chi connectivity index (χ1v) is 6.49. The van der Waals surface area contributed by atoms with Gasteiger partial charge in [-0.15, -0.1) is 0 Å². The quantitative estimate of drug-likeness (QED) is 0.800. The number of nitrogens with zero attached hydrogens (tertiary/aromatic N) is 2. The van der Waals surface area contributed by atoms with Crippen molar-refractivity contribution in [3.8, 4) is 0 Å². The van der Waals surface area contributed by atoms with E-state index in [0.29, 0.717) is 43.0 Å². The summed E-state index contributed by atoms with van der Waals surface area (Å²) in [5.74, 6) is 0.566. The molecule has 1 aromatic heterocycles. The minimum atomic E-state index is -0.407. The molecule has 2 rings (SSSR count). The lowest BCUT2D eigenvalue weighted by atomic mass is 10.1. The Morgan fingerprint density at radius 1 is 1.53 bits per heavy atom. The van der Waals surface area contributed by atoms with Crippen LogP contribution < -0.4 is 5.56 Å². The van der Waals surface area contributed by atoms with Crippen LogP contribution in [-0.2, 0) is 11.2 Å². The summed E-state index contributed by atoms with van der Waals surface area (Å²) in [6, 6.07) is 0. The third kappa shape index (κ3) is 3.20. The van der Waals surface area contributed by atoms with Crippen molar-refractivity contribution in [1.82, 2.24) is 14.9 Å². The van der Waals surface area contributed by atoms with Gasteiger partial charge in [-0.2, -0.15) is 0 Å². The largest absolute Gasteiger partial charge is 0.391 e. The van der Waals surface area contributed by atoms with Crippen LogP contribution in [0.15, 0.2) is 4.79 Å². The van der Waals surface area contributed by atoms with Gasteiger partial charge in [-0.1, -0.05) is 0 Å². The molecule has 1 aliphatic rings. The molecule has 1 saturated heterocycles. The summed E-state index contributed by atoms with van der Waals surface area (Å²) >= 11 is 0. The summed E-state index contributed by atoms with van der Waals surface area (Å²) in [5.41, 5.74) is 1.08. The van der Waals surface area contributed by atoms with E-state index in [-0.39, 0.29) is 17.9 Å². The third-order valence-electron chi connectivity index (χ3n) is 3.45. The Kier molecular flexibility index (Phi) is 3.99. The van der Waals surface area contributed by atoms with Gasteiger partial charge in [-0.3, -0.25) is 9.59 Å². The molecule has 0 aliphatic carbocycles. The van der Waals surface area contributed by atoms with Crippen LogP contribution in [0.25, 0.3) is 0 Å². The smallest absolute Gasteiger partial charge is 0.254 e. The van der Waals surface area contributed by atoms with Crippen molar-refractivity contribution in [2.45, 2.75) is 39.2 Å². The number of aromatic nitrogens is 2. The fourth-order valence-corrected chi connectivity index (χ4v) is 2.40. The molecule has 1 fully saturated rings. The highest BCUT2D eigenvalue weighted by atomic mass is 16.3. The van der Waals surface area contributed by atoms with Gasteiger partial charge in [0.15, 0.2) is 0 Å². The molecule has 1 aromatic rings. The summed E-state index contributed by atoms with van der Waals surface area (Å²) in [7, 11) is 0. The van der Waals surface area contributed by atoms with Crippen LogP contribution in [0.1, 0.15) is 29.9 Å². The second kappa shape index (κ2) is 5.52. The average Bonchev–Trinajstić information content (AvgIpc) is 2.74. The Labute approximate surface area is 111 Å². The van der Waals surface area contributed by atoms with Crippen LogP contribution in [0, 0.1) is 13.8 Å². The average molecular weight is 265 g/mol. The van der Waals surface area contributed by atoms with E-state index in [0.717, 1.165) is 0 Å². The number of hydrogen-bond donors (Lipinski definition) is 2. The second-order valence-electron chi connectivity index (χ2n) is 5.00. The van der Waals surface area contributed by atoms with E-state index in [1.807, 2.05) is 0 Å². The second-order valence-corrected chi connectivity index (χ2v) is 5.00. The Morgan fingerprint density at radius 3 is 2.84 bits per heavy atom. The number of aromatic amines is 1. The summed E-state index contributed by atoms with van der Waals surface area (Å²) in [6.45, 7) is 4.51. The molecule has 0 radical (unpaired) electrons. The Balaban J connectivity index is 1.99. The predicted molar refractivity (Wildman–Crippen MR) is 69.9 cm³/mol. The molecule has 19 heavy (non-hydrogen) atoms. The van der Waals surface area contributed by atoms with Crippen molar-refractivity contribution in [2.24, 2.45) is 0 Å². The van der Waals surface area contributed by atoms with Crippen LogP contribution in [0.2, 0.25) is 0 Å². The Hall–Kier alpha value is -1.69. The molecule has 1 atom stereocenters. The Morgan fingerprint density at radius 2 is 2.26 bits per heavy atom. The maximum Gasteiger partial charge on any atom is 0.254 e. The van der Waals surface area contributed by atoms with Gasteiger partial charge < -0.3 is 15.0 Å². The van der Waals surface area contributed by atoms with Gasteiger partial charge in [0, 0.05) is 30.8 Å². The number of rotatable bonds is 3. The number of hydrogen-bond acceptors (Lipinski definition) is 4. The van der Waals surface area contributed by atoms with Crippen molar-refractivity contribution in [3.05, 3.63) is 27.4 Å². The zero-order valence-electron chi connectivity index (χ0n) is 11.3. The van der Waals surface area contributed by atoms with E-state index >= 15 is 0 Å². The SMILES string of the molecule is Cc1nc(C)c(CCC(=O)N2CC[C@H](O)C2)c(=O)[nH]1. The zero-order chi connectivity index (χ0) is 14.0. The van der Waals surface area contributed by atoms with Gasteiger partial charge in [0.2, 0.25) is 5.91 Å². The zero-order valence-corrected chi connectivity index (χ0v) is 11.3. The molecule has 1 aliphatic heterocycles. The molecule has 0 aromatic carbocycles. The van der Waals surface area contributed by atoms with Crippen LogP contribution in [0.5, 0.6) is 0 Å². The molecule has 2 N–H and O–H groups in total. The summed E-state index contributed by atoms with van der Waals surface area (Å²) in [5, 5.41) is 9.39. The molecule has 6 heteroatoms. The molecular formula is C13H19N3O3. The fraction of sp³-hybridized carbons (Fsp3) is 0.615. The van der Waals surface area contributed by atoms with Crippen molar-refractivity contribution in [2.75, 3.05) is 13.1 Å². The number of β-amino-alcohol motifs (C(OH)–C–C–N with tert-alkyl or cyclic N) is 1. The molecule has 2 heterocycles. The van der Waals surface area contributed by atoms with Crippen LogP contribution in [0.3, 0.4) is 0 Å². The third-order valence-corrected chi connectivity index (χ3v) is 3.45. The van der Waals surface area contributed by atoms with E-state index < -0.39 is 6.10 Å². The molecule has 0 saturated carbocycles. The van der Waals surface area contributed by atoms with Gasteiger partial charge in [-0.05, 0) is 26.7 Å². The minimum Gasteiger partial charge on any atom is -0.391 e. The highest BCUT2D eigenvalue weighted by molar-refractivity contribution is 5.76. The number of likely N-dealkylation sites (tertiary alicyclic amines) is 1. The first-order valence-electron chi connectivity index (χ1n) is 6.49. The molecule has 0 unspecified atom stereocenters. The number of H-pyrrole nitrogens is 1. The number of nitrogens with one attached hydrogen (secondary N) is 1. The van der Waals surface area contributed by atoms with E-state index in [2.05, 4.69) is 9.97 Å². The van der Waals surface area contributed by atoms with Crippen LogP contribution in [-0.4, -0.2) is 45.1 Å². The standard InChI is InChI=1S/C13H19N3O3/c1-8-11(13(19)15-9(2)14-8)3-4-12(18)16-6-5-10(17)7-16/h10,17H,3-7H2,1-2H3,(H,14,15,19)/t10-/m0/s1. The van der Waals surface area contributed by atoms with E-state index in [9.17, 15) is 14.7 Å². The maximum atomic E-state index is 11.9. The number of aliphatic hydroxyl groups is 1. The van der Waals surface area contributed by atoms with Crippen molar-refractivity contribution >= 4 is 5.91 Å². The van der Waals surface area contributed by atoms with E-state index in [1.54, 1.807) is 18.7 Å². The van der Waals surface area contributed by atoms with Gasteiger partial charge in [0.1, 0.15) is 5.82 Å². The maximum absolute atomic E-state index is 11.9. The molecular weight excluding hydrogens is 246 g/mol. The number of aryl methyl sites for hydroxylation is 2. The first kappa shape index (κ1) is 13.7. The fourth-order valence-electron chi connectivity index (χ4n) is 2.40. The van der Waals surface area contributed by atoms with E-state index in [4.69, 9.17) is 0 Å².